The van der Waals surface area contributed by atoms with Crippen LogP contribution in [0.25, 0.3) is 0 Å². The number of hydrogen-bond acceptors (Lipinski definition) is 4. The van der Waals surface area contributed by atoms with E-state index in [2.05, 4.69) is 56.8 Å². The largest absolute Gasteiger partial charge is 0.366 e. The van der Waals surface area contributed by atoms with E-state index in [0.29, 0.717) is 6.04 Å². The average Bonchev–Trinajstić information content (AvgIpc) is 2.50. The molecule has 1 fully saturated rings. The number of nitrogens with one attached hydrogen (secondary N) is 1. The zero-order chi connectivity index (χ0) is 14.5. The van der Waals surface area contributed by atoms with Gasteiger partial charge in [0.15, 0.2) is 0 Å². The smallest absolute Gasteiger partial charge is 0.149 e. The van der Waals surface area contributed by atoms with Crippen LogP contribution in [0.2, 0.25) is 0 Å². The molecule has 1 N–H and O–H groups in total. The predicted octanol–water partition coefficient (Wildman–Crippen LogP) is 2.86. The number of hydrogen-bond donors (Lipinski definition) is 1. The highest BCUT2D eigenvalue weighted by Gasteiger charge is 2.19. The van der Waals surface area contributed by atoms with Crippen molar-refractivity contribution in [3.63, 3.8) is 0 Å². The molecule has 0 saturated carbocycles. The molecule has 2 heterocycles. The fourth-order valence-electron chi connectivity index (χ4n) is 2.82. The Morgan fingerprint density at radius 2 is 1.95 bits per heavy atom. The second-order valence-electron chi connectivity index (χ2n) is 5.80. The van der Waals surface area contributed by atoms with Gasteiger partial charge in [-0.25, -0.2) is 0 Å². The van der Waals surface area contributed by atoms with Crippen LogP contribution in [0.4, 0.5) is 5.82 Å². The van der Waals surface area contributed by atoms with E-state index in [9.17, 15) is 0 Å². The predicted molar refractivity (Wildman–Crippen MR) is 85.1 cm³/mol. The van der Waals surface area contributed by atoms with Crippen molar-refractivity contribution in [2.24, 2.45) is 0 Å². The van der Waals surface area contributed by atoms with Crippen LogP contribution >= 0.6 is 0 Å². The third kappa shape index (κ3) is 4.02. The molecule has 4 nitrogen and oxygen atoms in total. The van der Waals surface area contributed by atoms with Crippen molar-refractivity contribution in [2.45, 2.75) is 32.4 Å². The summed E-state index contributed by atoms with van der Waals surface area (Å²) in [6.07, 6.45) is 4.10. The average molecular weight is 282 g/mol. The van der Waals surface area contributed by atoms with Crippen LogP contribution in [0.15, 0.2) is 42.6 Å². The van der Waals surface area contributed by atoms with E-state index in [1.807, 2.05) is 6.92 Å². The lowest BCUT2D eigenvalue weighted by Gasteiger charge is -2.32. The highest BCUT2D eigenvalue weighted by Crippen LogP contribution is 2.17. The molecule has 4 heteroatoms. The summed E-state index contributed by atoms with van der Waals surface area (Å²) in [6.45, 7) is 5.36. The summed E-state index contributed by atoms with van der Waals surface area (Å²) in [5.74, 6) is 0.900. The first kappa shape index (κ1) is 14.0. The molecular weight excluding hydrogens is 260 g/mol. The number of aryl methyl sites for hydroxylation is 1. The first-order chi connectivity index (χ1) is 10.3. The lowest BCUT2D eigenvalue weighted by atomic mass is 10.0. The number of aromatic nitrogens is 2. The molecule has 1 saturated heterocycles. The van der Waals surface area contributed by atoms with Crippen molar-refractivity contribution in [3.05, 3.63) is 53.7 Å². The number of piperidine rings is 1. The van der Waals surface area contributed by atoms with E-state index < -0.39 is 0 Å². The summed E-state index contributed by atoms with van der Waals surface area (Å²) in [6, 6.07) is 13.3. The molecule has 2 aromatic rings. The highest BCUT2D eigenvalue weighted by atomic mass is 15.2. The molecule has 21 heavy (non-hydrogen) atoms. The number of likely N-dealkylation sites (tertiary alicyclic amines) is 1. The van der Waals surface area contributed by atoms with Crippen molar-refractivity contribution in [1.29, 1.82) is 0 Å². The van der Waals surface area contributed by atoms with Gasteiger partial charge in [0.1, 0.15) is 5.82 Å². The van der Waals surface area contributed by atoms with Crippen molar-refractivity contribution in [1.82, 2.24) is 15.1 Å². The molecular formula is C17H22N4. The van der Waals surface area contributed by atoms with Crippen molar-refractivity contribution in [3.8, 4) is 0 Å². The summed E-state index contributed by atoms with van der Waals surface area (Å²) in [4.78, 5) is 2.52. The second-order valence-corrected chi connectivity index (χ2v) is 5.80. The van der Waals surface area contributed by atoms with Crippen LogP contribution in [0, 0.1) is 6.92 Å². The summed E-state index contributed by atoms with van der Waals surface area (Å²) in [5.41, 5.74) is 2.54. The number of benzene rings is 1. The van der Waals surface area contributed by atoms with Gasteiger partial charge in [-0.2, -0.15) is 5.10 Å². The number of anilines is 1. The molecule has 0 aliphatic carbocycles. The third-order valence-corrected chi connectivity index (χ3v) is 3.98. The molecule has 1 aromatic carbocycles. The Morgan fingerprint density at radius 1 is 1.19 bits per heavy atom. The topological polar surface area (TPSA) is 41.1 Å². The van der Waals surface area contributed by atoms with Crippen LogP contribution in [0.1, 0.15) is 24.0 Å². The van der Waals surface area contributed by atoms with Gasteiger partial charge in [0.2, 0.25) is 0 Å². The Bertz CT molecular complexity index is 562. The third-order valence-electron chi connectivity index (χ3n) is 3.98. The van der Waals surface area contributed by atoms with Crippen LogP contribution < -0.4 is 5.32 Å². The minimum atomic E-state index is 0.508. The van der Waals surface area contributed by atoms with Gasteiger partial charge in [-0.3, -0.25) is 4.90 Å². The lowest BCUT2D eigenvalue weighted by Crippen LogP contribution is -2.38. The molecule has 0 unspecified atom stereocenters. The maximum absolute atomic E-state index is 4.15. The number of nitrogens with zero attached hydrogens (tertiary/aromatic N) is 3. The van der Waals surface area contributed by atoms with Crippen LogP contribution in [0.3, 0.4) is 0 Å². The van der Waals surface area contributed by atoms with Crippen LogP contribution in [0.5, 0.6) is 0 Å². The molecule has 0 spiro atoms. The van der Waals surface area contributed by atoms with Gasteiger partial charge in [0.25, 0.3) is 0 Å². The Labute approximate surface area is 126 Å². The molecule has 0 radical (unpaired) electrons. The Morgan fingerprint density at radius 3 is 2.67 bits per heavy atom. The minimum Gasteiger partial charge on any atom is -0.366 e. The second kappa shape index (κ2) is 6.68. The first-order valence-corrected chi connectivity index (χ1v) is 7.62. The minimum absolute atomic E-state index is 0.508. The first-order valence-electron chi connectivity index (χ1n) is 7.62. The molecule has 0 bridgehead atoms. The molecule has 1 aromatic heterocycles. The molecule has 3 rings (SSSR count). The normalized spacial score (nSPS) is 16.8. The van der Waals surface area contributed by atoms with E-state index in [1.54, 1.807) is 6.20 Å². The molecule has 0 amide bonds. The van der Waals surface area contributed by atoms with E-state index in [0.717, 1.165) is 43.9 Å². The van der Waals surface area contributed by atoms with Gasteiger partial charge < -0.3 is 5.32 Å². The fourth-order valence-corrected chi connectivity index (χ4v) is 2.82. The van der Waals surface area contributed by atoms with Crippen molar-refractivity contribution >= 4 is 5.82 Å². The SMILES string of the molecule is Cc1cnnc(NC2CCN(Cc3ccccc3)CC2)c1. The summed E-state index contributed by atoms with van der Waals surface area (Å²) in [7, 11) is 0. The van der Waals surface area contributed by atoms with Gasteiger partial charge in [-0.05, 0) is 37.0 Å². The summed E-state index contributed by atoms with van der Waals surface area (Å²) >= 11 is 0. The molecule has 0 atom stereocenters. The van der Waals surface area contributed by atoms with E-state index in [4.69, 9.17) is 0 Å². The Kier molecular flexibility index (Phi) is 4.46. The zero-order valence-corrected chi connectivity index (χ0v) is 12.5. The molecule has 1 aliphatic heterocycles. The van der Waals surface area contributed by atoms with Gasteiger partial charge in [0.05, 0.1) is 6.20 Å². The van der Waals surface area contributed by atoms with Gasteiger partial charge in [-0.15, -0.1) is 5.10 Å². The fraction of sp³-hybridized carbons (Fsp3) is 0.412. The Hall–Kier alpha value is -1.94. The van der Waals surface area contributed by atoms with Crippen molar-refractivity contribution in [2.75, 3.05) is 18.4 Å². The summed E-state index contributed by atoms with van der Waals surface area (Å²) in [5, 5.41) is 11.6. The molecule has 110 valence electrons. The van der Waals surface area contributed by atoms with Crippen LogP contribution in [-0.2, 0) is 6.54 Å². The molecule has 1 aliphatic rings. The van der Waals surface area contributed by atoms with E-state index >= 15 is 0 Å². The maximum atomic E-state index is 4.15. The van der Waals surface area contributed by atoms with Gasteiger partial charge in [0, 0.05) is 25.7 Å². The summed E-state index contributed by atoms with van der Waals surface area (Å²) < 4.78 is 0. The van der Waals surface area contributed by atoms with E-state index in [-0.39, 0.29) is 0 Å². The Balaban J connectivity index is 1.49. The van der Waals surface area contributed by atoms with Crippen molar-refractivity contribution < 1.29 is 0 Å². The quantitative estimate of drug-likeness (QED) is 0.936. The lowest BCUT2D eigenvalue weighted by molar-refractivity contribution is 0.211. The van der Waals surface area contributed by atoms with E-state index in [1.165, 1.54) is 5.56 Å². The highest BCUT2D eigenvalue weighted by molar-refractivity contribution is 5.36. The zero-order valence-electron chi connectivity index (χ0n) is 12.5. The number of rotatable bonds is 4. The monoisotopic (exact) mass is 282 g/mol. The van der Waals surface area contributed by atoms with Gasteiger partial charge in [-0.1, -0.05) is 30.3 Å². The van der Waals surface area contributed by atoms with Crippen LogP contribution in [-0.4, -0.2) is 34.2 Å². The van der Waals surface area contributed by atoms with Gasteiger partial charge >= 0.3 is 0 Å². The maximum Gasteiger partial charge on any atom is 0.149 e. The standard InChI is InChI=1S/C17H22N4/c1-14-11-17(20-18-12-14)19-16-7-9-21(10-8-16)13-15-5-3-2-4-6-15/h2-6,11-12,16H,7-10,13H2,1H3,(H,19,20).